The summed E-state index contributed by atoms with van der Waals surface area (Å²) in [5, 5.41) is 14.3. The molecular formula is C27H33F3N4O4. The molecule has 0 bridgehead atoms. The van der Waals surface area contributed by atoms with Crippen LogP contribution in [0.4, 0.5) is 29.3 Å². The number of ether oxygens (including phenoxy) is 2. The lowest BCUT2D eigenvalue weighted by atomic mass is 9.92. The SMILES string of the molecule is Cc1ccc(NC(=O)Nc2ccc(C(F)(F)F)nc2)cc1C(/C=C(\N)C1CCOCC1)=C/C(C)OCCO. The number of amides is 2. The predicted octanol–water partition coefficient (Wildman–Crippen LogP) is 5.10. The molecule has 2 aromatic rings. The number of pyridine rings is 1. The fraction of sp³-hybridized carbons (Fsp3) is 0.407. The van der Waals surface area contributed by atoms with Crippen LogP contribution in [0.1, 0.15) is 36.6 Å². The first-order chi connectivity index (χ1) is 18.1. The van der Waals surface area contributed by atoms with Crippen molar-refractivity contribution in [2.45, 2.75) is 39.0 Å². The van der Waals surface area contributed by atoms with Crippen molar-refractivity contribution in [2.24, 2.45) is 11.7 Å². The molecule has 1 atom stereocenters. The summed E-state index contributed by atoms with van der Waals surface area (Å²) in [6.07, 6.45) is 1.53. The van der Waals surface area contributed by atoms with Crippen molar-refractivity contribution in [3.63, 3.8) is 0 Å². The van der Waals surface area contributed by atoms with E-state index in [-0.39, 0.29) is 30.9 Å². The van der Waals surface area contributed by atoms with E-state index < -0.39 is 17.9 Å². The van der Waals surface area contributed by atoms with Crippen molar-refractivity contribution in [3.05, 3.63) is 71.2 Å². The van der Waals surface area contributed by atoms with Crippen LogP contribution in [0.15, 0.2) is 54.4 Å². The molecule has 38 heavy (non-hydrogen) atoms. The second-order valence-corrected chi connectivity index (χ2v) is 8.99. The Hall–Kier alpha value is -3.41. The average Bonchev–Trinajstić information content (AvgIpc) is 2.88. The van der Waals surface area contributed by atoms with Crippen molar-refractivity contribution in [3.8, 4) is 0 Å². The molecule has 1 fully saturated rings. The zero-order valence-electron chi connectivity index (χ0n) is 21.3. The Morgan fingerprint density at radius 3 is 2.55 bits per heavy atom. The molecule has 1 aromatic carbocycles. The number of nitrogens with two attached hydrogens (primary N) is 1. The van der Waals surface area contributed by atoms with E-state index in [0.29, 0.717) is 18.9 Å². The van der Waals surface area contributed by atoms with Gasteiger partial charge in [-0.3, -0.25) is 0 Å². The molecule has 0 saturated carbocycles. The number of aliphatic hydroxyl groups excluding tert-OH is 1. The van der Waals surface area contributed by atoms with Gasteiger partial charge in [0.05, 0.1) is 31.2 Å². The Kier molecular flexibility index (Phi) is 10.3. The van der Waals surface area contributed by atoms with E-state index in [2.05, 4.69) is 15.6 Å². The van der Waals surface area contributed by atoms with E-state index in [1.54, 1.807) is 12.1 Å². The number of nitrogens with one attached hydrogen (secondary N) is 2. The van der Waals surface area contributed by atoms with E-state index in [1.807, 2.05) is 32.1 Å². The summed E-state index contributed by atoms with van der Waals surface area (Å²) in [5.41, 5.74) is 9.29. The fourth-order valence-corrected chi connectivity index (χ4v) is 4.02. The van der Waals surface area contributed by atoms with Crippen LogP contribution in [0.3, 0.4) is 0 Å². The number of halogens is 3. The van der Waals surface area contributed by atoms with E-state index in [9.17, 15) is 18.0 Å². The summed E-state index contributed by atoms with van der Waals surface area (Å²) >= 11 is 0. The molecular weight excluding hydrogens is 501 g/mol. The van der Waals surface area contributed by atoms with E-state index in [4.69, 9.17) is 20.3 Å². The molecule has 1 aromatic heterocycles. The lowest BCUT2D eigenvalue weighted by Crippen LogP contribution is -2.21. The number of aliphatic hydroxyl groups is 1. The zero-order chi connectivity index (χ0) is 27.7. The number of allylic oxidation sites excluding steroid dienone is 3. The Labute approximate surface area is 219 Å². The van der Waals surface area contributed by atoms with Crippen molar-refractivity contribution < 1.29 is 32.5 Å². The molecule has 1 aliphatic heterocycles. The minimum atomic E-state index is -4.56. The van der Waals surface area contributed by atoms with Crippen LogP contribution in [0, 0.1) is 12.8 Å². The third-order valence-corrected chi connectivity index (χ3v) is 6.02. The number of nitrogens with zero attached hydrogens (tertiary/aromatic N) is 1. The second-order valence-electron chi connectivity index (χ2n) is 8.99. The van der Waals surface area contributed by atoms with Crippen LogP contribution in [0.2, 0.25) is 0 Å². The maximum Gasteiger partial charge on any atom is 0.433 e. The van der Waals surface area contributed by atoms with Gasteiger partial charge in [-0.15, -0.1) is 0 Å². The molecule has 2 heterocycles. The lowest BCUT2D eigenvalue weighted by molar-refractivity contribution is -0.141. The molecule has 206 valence electrons. The maximum absolute atomic E-state index is 12.7. The van der Waals surface area contributed by atoms with Crippen molar-refractivity contribution >= 4 is 23.0 Å². The smallest absolute Gasteiger partial charge is 0.402 e. The third kappa shape index (κ3) is 8.57. The van der Waals surface area contributed by atoms with Gasteiger partial charge < -0.3 is 30.9 Å². The van der Waals surface area contributed by atoms with Crippen molar-refractivity contribution in [2.75, 3.05) is 37.1 Å². The standard InChI is InChI=1S/C27H33F3N4O4/c1-17-3-4-21(33-26(36)34-22-5-6-25(32-16-22)27(28,29)30)15-23(17)20(13-18(2)38-12-9-35)14-24(31)19-7-10-37-11-8-19/h3-6,13-16,18-19,35H,7-12,31H2,1-2H3,(H2,33,34,36)/b20-13+,24-14-. The minimum absolute atomic E-state index is 0.102. The normalized spacial score (nSPS) is 16.3. The van der Waals surface area contributed by atoms with Gasteiger partial charge in [0, 0.05) is 30.5 Å². The number of carbonyl (C=O) groups is 1. The number of aromatic nitrogens is 1. The molecule has 1 saturated heterocycles. The van der Waals surface area contributed by atoms with Crippen LogP contribution in [0.25, 0.3) is 5.57 Å². The maximum atomic E-state index is 12.7. The molecule has 8 nitrogen and oxygen atoms in total. The summed E-state index contributed by atoms with van der Waals surface area (Å²) in [5.74, 6) is 0.186. The fourth-order valence-electron chi connectivity index (χ4n) is 4.02. The highest BCUT2D eigenvalue weighted by Crippen LogP contribution is 2.30. The Morgan fingerprint density at radius 1 is 1.24 bits per heavy atom. The summed E-state index contributed by atoms with van der Waals surface area (Å²) in [6, 6.07) is 6.65. The number of benzene rings is 1. The molecule has 11 heteroatoms. The quantitative estimate of drug-likeness (QED) is 0.332. The van der Waals surface area contributed by atoms with Gasteiger partial charge in [0.15, 0.2) is 0 Å². The van der Waals surface area contributed by atoms with Gasteiger partial charge in [0.2, 0.25) is 0 Å². The van der Waals surface area contributed by atoms with Crippen LogP contribution in [-0.4, -0.2) is 48.7 Å². The number of urea groups is 1. The van der Waals surface area contributed by atoms with Gasteiger partial charge in [-0.05, 0) is 79.8 Å². The Bertz CT molecular complexity index is 1140. The average molecular weight is 535 g/mol. The van der Waals surface area contributed by atoms with Gasteiger partial charge in [0.25, 0.3) is 0 Å². The number of carbonyl (C=O) groups excluding carboxylic acids is 1. The molecule has 3 rings (SSSR count). The first kappa shape index (κ1) is 29.2. The van der Waals surface area contributed by atoms with E-state index in [1.165, 1.54) is 0 Å². The van der Waals surface area contributed by atoms with Gasteiger partial charge in [-0.1, -0.05) is 6.07 Å². The highest BCUT2D eigenvalue weighted by atomic mass is 19.4. The number of aryl methyl sites for hydroxylation is 1. The van der Waals surface area contributed by atoms with E-state index in [0.717, 1.165) is 53.6 Å². The molecule has 0 spiro atoms. The number of alkyl halides is 3. The van der Waals surface area contributed by atoms with Gasteiger partial charge in [-0.25, -0.2) is 9.78 Å². The molecule has 5 N–H and O–H groups in total. The van der Waals surface area contributed by atoms with Crippen molar-refractivity contribution in [1.29, 1.82) is 0 Å². The number of hydrogen-bond acceptors (Lipinski definition) is 6. The second kappa shape index (κ2) is 13.4. The van der Waals surface area contributed by atoms with Gasteiger partial charge in [-0.2, -0.15) is 13.2 Å². The van der Waals surface area contributed by atoms with Crippen LogP contribution >= 0.6 is 0 Å². The first-order valence-corrected chi connectivity index (χ1v) is 12.3. The number of hydrogen-bond donors (Lipinski definition) is 4. The van der Waals surface area contributed by atoms with Gasteiger partial charge >= 0.3 is 12.2 Å². The number of rotatable bonds is 9. The topological polar surface area (TPSA) is 119 Å². The third-order valence-electron chi connectivity index (χ3n) is 6.02. The minimum Gasteiger partial charge on any atom is -0.402 e. The van der Waals surface area contributed by atoms with Crippen LogP contribution < -0.4 is 16.4 Å². The molecule has 1 unspecified atom stereocenters. The molecule has 2 amide bonds. The molecule has 0 aliphatic carbocycles. The van der Waals surface area contributed by atoms with Crippen LogP contribution in [0.5, 0.6) is 0 Å². The molecule has 1 aliphatic rings. The Balaban J connectivity index is 1.82. The van der Waals surface area contributed by atoms with Crippen LogP contribution in [-0.2, 0) is 15.7 Å². The summed E-state index contributed by atoms with van der Waals surface area (Å²) in [4.78, 5) is 15.9. The zero-order valence-corrected chi connectivity index (χ0v) is 21.3. The van der Waals surface area contributed by atoms with E-state index >= 15 is 0 Å². The summed E-state index contributed by atoms with van der Waals surface area (Å²) in [7, 11) is 0. The first-order valence-electron chi connectivity index (χ1n) is 12.3. The Morgan fingerprint density at radius 2 is 1.92 bits per heavy atom. The highest BCUT2D eigenvalue weighted by Gasteiger charge is 2.32. The molecule has 0 radical (unpaired) electrons. The monoisotopic (exact) mass is 534 g/mol. The summed E-state index contributed by atoms with van der Waals surface area (Å²) < 4.78 is 49.3. The predicted molar refractivity (Wildman–Crippen MR) is 139 cm³/mol. The van der Waals surface area contributed by atoms with Gasteiger partial charge in [0.1, 0.15) is 5.69 Å². The highest BCUT2D eigenvalue weighted by molar-refractivity contribution is 6.00. The van der Waals surface area contributed by atoms with Crippen molar-refractivity contribution in [1.82, 2.24) is 4.98 Å². The largest absolute Gasteiger partial charge is 0.433 e. The lowest BCUT2D eigenvalue weighted by Gasteiger charge is -2.23. The summed E-state index contributed by atoms with van der Waals surface area (Å²) in [6.45, 7) is 5.17. The number of anilines is 2.